The average Bonchev–Trinajstić information content (AvgIpc) is 2.37. The second kappa shape index (κ2) is 5.23. The summed E-state index contributed by atoms with van der Waals surface area (Å²) in [5, 5.41) is 8.54. The molecule has 0 radical (unpaired) electrons. The summed E-state index contributed by atoms with van der Waals surface area (Å²) < 4.78 is 13.4. The van der Waals surface area contributed by atoms with E-state index in [0.29, 0.717) is 11.1 Å². The van der Waals surface area contributed by atoms with E-state index in [9.17, 15) is 9.18 Å². The molecule has 0 fully saturated rings. The molecule has 1 aromatic carbocycles. The minimum absolute atomic E-state index is 0.408. The third-order valence-corrected chi connectivity index (χ3v) is 2.35. The fourth-order valence-electron chi connectivity index (χ4n) is 1.59. The topological polar surface area (TPSA) is 50.2 Å². The van der Waals surface area contributed by atoms with Gasteiger partial charge >= 0.3 is 5.97 Å². The molecule has 0 bridgehead atoms. The fraction of sp³-hybridized carbons (Fsp3) is 0. The van der Waals surface area contributed by atoms with Gasteiger partial charge in [-0.1, -0.05) is 0 Å². The maximum atomic E-state index is 13.4. The van der Waals surface area contributed by atoms with Crippen molar-refractivity contribution in [3.8, 4) is 11.1 Å². The van der Waals surface area contributed by atoms with Crippen molar-refractivity contribution in [1.82, 2.24) is 4.98 Å². The van der Waals surface area contributed by atoms with Gasteiger partial charge in [0.2, 0.25) is 0 Å². The van der Waals surface area contributed by atoms with Crippen molar-refractivity contribution >= 4 is 12.0 Å². The molecular weight excluding hydrogens is 233 g/mol. The zero-order chi connectivity index (χ0) is 13.0. The Labute approximate surface area is 103 Å². The number of benzene rings is 1. The van der Waals surface area contributed by atoms with E-state index in [4.69, 9.17) is 5.11 Å². The Morgan fingerprint density at radius 3 is 2.56 bits per heavy atom. The van der Waals surface area contributed by atoms with Crippen LogP contribution < -0.4 is 0 Å². The first-order valence-electron chi connectivity index (χ1n) is 5.27. The summed E-state index contributed by atoms with van der Waals surface area (Å²) in [5.74, 6) is -1.47. The summed E-state index contributed by atoms with van der Waals surface area (Å²) in [6, 6.07) is 7.92. The molecule has 2 rings (SSSR count). The van der Waals surface area contributed by atoms with Gasteiger partial charge in [-0.25, -0.2) is 9.18 Å². The van der Waals surface area contributed by atoms with Crippen LogP contribution in [-0.2, 0) is 4.79 Å². The summed E-state index contributed by atoms with van der Waals surface area (Å²) in [6.07, 6.45) is 5.57. The first-order chi connectivity index (χ1) is 8.65. The monoisotopic (exact) mass is 243 g/mol. The van der Waals surface area contributed by atoms with E-state index < -0.39 is 11.8 Å². The van der Waals surface area contributed by atoms with Gasteiger partial charge in [0, 0.05) is 18.5 Å². The van der Waals surface area contributed by atoms with Gasteiger partial charge in [-0.15, -0.1) is 0 Å². The summed E-state index contributed by atoms with van der Waals surface area (Å²) >= 11 is 0. The number of carbonyl (C=O) groups is 1. The van der Waals surface area contributed by atoms with Gasteiger partial charge in [-0.2, -0.15) is 0 Å². The third kappa shape index (κ3) is 3.01. The van der Waals surface area contributed by atoms with Crippen LogP contribution in [0.3, 0.4) is 0 Å². The third-order valence-electron chi connectivity index (χ3n) is 2.35. The van der Waals surface area contributed by atoms with Gasteiger partial charge in [-0.05, 0) is 53.1 Å². The summed E-state index contributed by atoms with van der Waals surface area (Å²) in [5.41, 5.74) is 2.01. The van der Waals surface area contributed by atoms with Gasteiger partial charge in [0.15, 0.2) is 0 Å². The summed E-state index contributed by atoms with van der Waals surface area (Å²) in [6.45, 7) is 0. The van der Waals surface area contributed by atoms with Crippen LogP contribution in [0.15, 0.2) is 48.8 Å². The van der Waals surface area contributed by atoms with Gasteiger partial charge in [0.1, 0.15) is 5.82 Å². The van der Waals surface area contributed by atoms with Crippen LogP contribution in [0, 0.1) is 5.82 Å². The zero-order valence-electron chi connectivity index (χ0n) is 9.38. The molecule has 1 aromatic heterocycles. The molecular formula is C14H10FNO2. The van der Waals surface area contributed by atoms with Crippen molar-refractivity contribution in [2.45, 2.75) is 0 Å². The average molecular weight is 243 g/mol. The van der Waals surface area contributed by atoms with Crippen molar-refractivity contribution in [1.29, 1.82) is 0 Å². The Morgan fingerprint density at radius 1 is 1.17 bits per heavy atom. The highest BCUT2D eigenvalue weighted by molar-refractivity contribution is 5.85. The van der Waals surface area contributed by atoms with Crippen molar-refractivity contribution in [3.05, 3.63) is 60.2 Å². The van der Waals surface area contributed by atoms with E-state index in [1.807, 2.05) is 0 Å². The van der Waals surface area contributed by atoms with Crippen LogP contribution in [0.4, 0.5) is 4.39 Å². The second-order valence-electron chi connectivity index (χ2n) is 3.68. The first-order valence-corrected chi connectivity index (χ1v) is 5.27. The van der Waals surface area contributed by atoms with E-state index >= 15 is 0 Å². The molecule has 3 nitrogen and oxygen atoms in total. The zero-order valence-corrected chi connectivity index (χ0v) is 9.38. The summed E-state index contributed by atoms with van der Waals surface area (Å²) in [7, 11) is 0. The molecule has 0 aliphatic heterocycles. The number of rotatable bonds is 3. The molecule has 0 aliphatic rings. The van der Waals surface area contributed by atoms with E-state index in [1.54, 1.807) is 30.6 Å². The molecule has 18 heavy (non-hydrogen) atoms. The van der Waals surface area contributed by atoms with Crippen LogP contribution in [0.5, 0.6) is 0 Å². The van der Waals surface area contributed by atoms with Crippen LogP contribution >= 0.6 is 0 Å². The lowest BCUT2D eigenvalue weighted by atomic mass is 10.0. The number of aliphatic carboxylic acids is 1. The van der Waals surface area contributed by atoms with E-state index in [1.165, 1.54) is 18.2 Å². The number of carboxylic acid groups (broad SMARTS) is 1. The molecule has 0 unspecified atom stereocenters. The lowest BCUT2D eigenvalue weighted by Gasteiger charge is -2.03. The highest BCUT2D eigenvalue weighted by Gasteiger charge is 2.02. The molecule has 1 N–H and O–H groups in total. The van der Waals surface area contributed by atoms with Crippen molar-refractivity contribution in [2.75, 3.05) is 0 Å². The standard InChI is InChI=1S/C14H10FNO2/c15-13-8-10(1-2-14(17)18)7-12(9-13)11-3-5-16-6-4-11/h1-9H,(H,17,18). The lowest BCUT2D eigenvalue weighted by molar-refractivity contribution is -0.131. The van der Waals surface area contributed by atoms with Crippen molar-refractivity contribution in [3.63, 3.8) is 0 Å². The Kier molecular flexibility index (Phi) is 3.48. The van der Waals surface area contributed by atoms with Gasteiger partial charge in [0.05, 0.1) is 0 Å². The molecule has 0 amide bonds. The second-order valence-corrected chi connectivity index (χ2v) is 3.68. The number of hydrogen-bond donors (Lipinski definition) is 1. The predicted molar refractivity (Wildman–Crippen MR) is 66.3 cm³/mol. The Bertz CT molecular complexity index is 594. The number of nitrogens with zero attached hydrogens (tertiary/aromatic N) is 1. The molecule has 0 atom stereocenters. The SMILES string of the molecule is O=C(O)C=Cc1cc(F)cc(-c2ccncc2)c1. The number of pyridine rings is 1. The van der Waals surface area contributed by atoms with Crippen molar-refractivity contribution in [2.24, 2.45) is 0 Å². The Hall–Kier alpha value is -2.49. The highest BCUT2D eigenvalue weighted by Crippen LogP contribution is 2.21. The first kappa shape index (κ1) is 12.0. The van der Waals surface area contributed by atoms with Gasteiger partial charge in [-0.3, -0.25) is 4.98 Å². The van der Waals surface area contributed by atoms with Crippen LogP contribution in [0.1, 0.15) is 5.56 Å². The maximum absolute atomic E-state index is 13.4. The van der Waals surface area contributed by atoms with Crippen LogP contribution in [0.2, 0.25) is 0 Å². The smallest absolute Gasteiger partial charge is 0.328 e. The molecule has 0 saturated heterocycles. The number of hydrogen-bond acceptors (Lipinski definition) is 2. The van der Waals surface area contributed by atoms with Crippen LogP contribution in [-0.4, -0.2) is 16.1 Å². The lowest BCUT2D eigenvalue weighted by Crippen LogP contribution is -1.87. The van der Waals surface area contributed by atoms with Crippen LogP contribution in [0.25, 0.3) is 17.2 Å². The van der Waals surface area contributed by atoms with Gasteiger partial charge < -0.3 is 5.11 Å². The van der Waals surface area contributed by atoms with E-state index in [-0.39, 0.29) is 0 Å². The molecule has 4 heteroatoms. The minimum atomic E-state index is -1.07. The molecule has 90 valence electrons. The Morgan fingerprint density at radius 2 is 1.89 bits per heavy atom. The normalized spacial score (nSPS) is 10.7. The Balaban J connectivity index is 2.41. The number of aromatic nitrogens is 1. The largest absolute Gasteiger partial charge is 0.478 e. The van der Waals surface area contributed by atoms with Gasteiger partial charge in [0.25, 0.3) is 0 Å². The number of halogens is 1. The van der Waals surface area contributed by atoms with Crippen molar-refractivity contribution < 1.29 is 14.3 Å². The summed E-state index contributed by atoms with van der Waals surface area (Å²) in [4.78, 5) is 14.3. The molecule has 2 aromatic rings. The van der Waals surface area contributed by atoms with E-state index in [2.05, 4.69) is 4.98 Å². The maximum Gasteiger partial charge on any atom is 0.328 e. The fourth-order valence-corrected chi connectivity index (χ4v) is 1.59. The molecule has 0 aliphatic carbocycles. The quantitative estimate of drug-likeness (QED) is 0.843. The number of carboxylic acids is 1. The predicted octanol–water partition coefficient (Wildman–Crippen LogP) is 2.99. The molecule has 0 spiro atoms. The molecule has 1 heterocycles. The van der Waals surface area contributed by atoms with E-state index in [0.717, 1.165) is 11.6 Å². The highest BCUT2D eigenvalue weighted by atomic mass is 19.1. The molecule has 0 saturated carbocycles. The minimum Gasteiger partial charge on any atom is -0.478 e.